The number of benzene rings is 2. The number of rotatable bonds is 2. The van der Waals surface area contributed by atoms with Gasteiger partial charge in [-0.3, -0.25) is 0 Å². The molecule has 0 aliphatic carbocycles. The first-order valence-electron chi connectivity index (χ1n) is 5.68. The maximum absolute atomic E-state index is 13.4. The Kier molecular flexibility index (Phi) is 3.88. The zero-order valence-corrected chi connectivity index (χ0v) is 10.4. The molecule has 0 atom stereocenters. The van der Waals surface area contributed by atoms with Crippen LogP contribution in [0.2, 0.25) is 0 Å². The lowest BCUT2D eigenvalue weighted by Gasteiger charge is -2.04. The lowest BCUT2D eigenvalue weighted by molar-refractivity contribution is 0.377. The van der Waals surface area contributed by atoms with E-state index in [0.29, 0.717) is 5.56 Å². The molecule has 0 fully saturated rings. The summed E-state index contributed by atoms with van der Waals surface area (Å²) in [6.07, 6.45) is 2.14. The molecule has 0 heterocycles. The summed E-state index contributed by atoms with van der Waals surface area (Å²) in [5.74, 6) is -9.75. The molecular formula is C15H9F5. The van der Waals surface area contributed by atoms with Crippen molar-refractivity contribution < 1.29 is 22.0 Å². The van der Waals surface area contributed by atoms with Gasteiger partial charge in [-0.1, -0.05) is 35.9 Å². The molecule has 0 spiro atoms. The highest BCUT2D eigenvalue weighted by Gasteiger charge is 2.24. The van der Waals surface area contributed by atoms with Crippen LogP contribution in [0.5, 0.6) is 0 Å². The molecule has 0 aromatic heterocycles. The van der Waals surface area contributed by atoms with Gasteiger partial charge in [0.2, 0.25) is 5.82 Å². The van der Waals surface area contributed by atoms with E-state index in [9.17, 15) is 22.0 Å². The maximum atomic E-state index is 13.4. The highest BCUT2D eigenvalue weighted by molar-refractivity contribution is 5.70. The van der Waals surface area contributed by atoms with Crippen molar-refractivity contribution in [3.63, 3.8) is 0 Å². The number of aryl methyl sites for hydroxylation is 1. The normalized spacial score (nSPS) is 11.3. The Bertz CT molecular complexity index is 643. The molecule has 0 saturated heterocycles. The molecular weight excluding hydrogens is 275 g/mol. The molecule has 2 aromatic rings. The third-order valence-electron chi connectivity index (χ3n) is 2.76. The van der Waals surface area contributed by atoms with Gasteiger partial charge in [0.15, 0.2) is 23.3 Å². The van der Waals surface area contributed by atoms with Gasteiger partial charge in [0.1, 0.15) is 0 Å². The van der Waals surface area contributed by atoms with E-state index in [2.05, 4.69) is 0 Å². The van der Waals surface area contributed by atoms with E-state index in [4.69, 9.17) is 0 Å². The minimum absolute atomic E-state index is 0.583. The van der Waals surface area contributed by atoms with Gasteiger partial charge in [-0.2, -0.15) is 0 Å². The molecule has 0 aliphatic heterocycles. The molecule has 2 aromatic carbocycles. The summed E-state index contributed by atoms with van der Waals surface area (Å²) in [6.45, 7) is 1.86. The van der Waals surface area contributed by atoms with Gasteiger partial charge in [-0.05, 0) is 18.6 Å². The molecule has 0 amide bonds. The second kappa shape index (κ2) is 5.45. The second-order valence-corrected chi connectivity index (χ2v) is 4.23. The number of hydrogen-bond donors (Lipinski definition) is 0. The summed E-state index contributed by atoms with van der Waals surface area (Å²) in [5.41, 5.74) is 0.611. The fourth-order valence-electron chi connectivity index (χ4n) is 1.63. The first-order chi connectivity index (χ1) is 9.41. The van der Waals surface area contributed by atoms with Gasteiger partial charge in [-0.15, -0.1) is 0 Å². The summed E-state index contributed by atoms with van der Waals surface area (Å²) >= 11 is 0. The monoisotopic (exact) mass is 284 g/mol. The van der Waals surface area contributed by atoms with Gasteiger partial charge in [0.05, 0.1) is 5.56 Å². The smallest absolute Gasteiger partial charge is 0.200 e. The van der Waals surface area contributed by atoms with Gasteiger partial charge in [0.25, 0.3) is 0 Å². The van der Waals surface area contributed by atoms with E-state index in [0.717, 1.165) is 11.6 Å². The van der Waals surface area contributed by atoms with Crippen LogP contribution in [-0.2, 0) is 0 Å². The molecule has 0 nitrogen and oxygen atoms in total. The molecule has 0 unspecified atom stereocenters. The molecule has 104 valence electrons. The third-order valence-corrected chi connectivity index (χ3v) is 2.76. The zero-order chi connectivity index (χ0) is 14.9. The average Bonchev–Trinajstić information content (AvgIpc) is 2.45. The molecule has 0 bridgehead atoms. The SMILES string of the molecule is Cc1ccc(/C=C/c2c(F)c(F)c(F)c(F)c2F)cc1. The van der Waals surface area contributed by atoms with Crippen molar-refractivity contribution in [1.82, 2.24) is 0 Å². The van der Waals surface area contributed by atoms with Gasteiger partial charge >= 0.3 is 0 Å². The summed E-state index contributed by atoms with van der Waals surface area (Å²) < 4.78 is 65.6. The van der Waals surface area contributed by atoms with Crippen LogP contribution in [0.3, 0.4) is 0 Å². The topological polar surface area (TPSA) is 0 Å². The Morgan fingerprint density at radius 3 is 1.60 bits per heavy atom. The quantitative estimate of drug-likeness (QED) is 0.320. The minimum atomic E-state index is -2.16. The summed E-state index contributed by atoms with van der Waals surface area (Å²) in [5, 5.41) is 0. The van der Waals surface area contributed by atoms with Crippen LogP contribution in [0.4, 0.5) is 22.0 Å². The molecule has 0 aliphatic rings. The fraction of sp³-hybridized carbons (Fsp3) is 0.0667. The Morgan fingerprint density at radius 2 is 1.10 bits per heavy atom. The highest BCUT2D eigenvalue weighted by Crippen LogP contribution is 2.24. The zero-order valence-electron chi connectivity index (χ0n) is 10.4. The van der Waals surface area contributed by atoms with E-state index >= 15 is 0 Å². The van der Waals surface area contributed by atoms with Crippen molar-refractivity contribution in [1.29, 1.82) is 0 Å². The van der Waals surface area contributed by atoms with Crippen molar-refractivity contribution >= 4 is 12.2 Å². The first kappa shape index (κ1) is 14.2. The highest BCUT2D eigenvalue weighted by atomic mass is 19.2. The molecule has 0 saturated carbocycles. The fourth-order valence-corrected chi connectivity index (χ4v) is 1.63. The van der Waals surface area contributed by atoms with E-state index in [1.807, 2.05) is 6.92 Å². The summed E-state index contributed by atoms with van der Waals surface area (Å²) in [6, 6.07) is 6.85. The molecule has 20 heavy (non-hydrogen) atoms. The molecule has 2 rings (SSSR count). The summed E-state index contributed by atoms with van der Waals surface area (Å²) in [7, 11) is 0. The van der Waals surface area contributed by atoms with Crippen LogP contribution < -0.4 is 0 Å². The average molecular weight is 284 g/mol. The van der Waals surface area contributed by atoms with Crippen LogP contribution in [-0.4, -0.2) is 0 Å². The lowest BCUT2D eigenvalue weighted by Crippen LogP contribution is -2.03. The number of halogens is 5. The predicted octanol–water partition coefficient (Wildman–Crippen LogP) is 4.86. The Labute approximate surface area is 112 Å². The van der Waals surface area contributed by atoms with E-state index < -0.39 is 34.6 Å². The van der Waals surface area contributed by atoms with E-state index in [1.54, 1.807) is 24.3 Å². The van der Waals surface area contributed by atoms with Gasteiger partial charge in [-0.25, -0.2) is 22.0 Å². The first-order valence-corrected chi connectivity index (χ1v) is 5.68. The Morgan fingerprint density at radius 1 is 0.650 bits per heavy atom. The standard InChI is InChI=1S/C15H9F5/c1-8-2-4-9(5-3-8)6-7-10-11(16)13(18)15(20)14(19)12(10)17/h2-7H,1H3/b7-6+. The van der Waals surface area contributed by atoms with Crippen LogP contribution in [0.1, 0.15) is 16.7 Å². The van der Waals surface area contributed by atoms with Crippen molar-refractivity contribution in [3.8, 4) is 0 Å². The van der Waals surface area contributed by atoms with Crippen LogP contribution >= 0.6 is 0 Å². The molecule has 0 N–H and O–H groups in total. The number of hydrogen-bond acceptors (Lipinski definition) is 0. The van der Waals surface area contributed by atoms with Crippen LogP contribution in [0.15, 0.2) is 24.3 Å². The summed E-state index contributed by atoms with van der Waals surface area (Å²) in [4.78, 5) is 0. The van der Waals surface area contributed by atoms with Crippen molar-refractivity contribution in [2.75, 3.05) is 0 Å². The predicted molar refractivity (Wildman–Crippen MR) is 66.3 cm³/mol. The largest absolute Gasteiger partial charge is 0.203 e. The van der Waals surface area contributed by atoms with Crippen LogP contribution in [0.25, 0.3) is 12.2 Å². The van der Waals surface area contributed by atoms with Crippen LogP contribution in [0, 0.1) is 36.0 Å². The maximum Gasteiger partial charge on any atom is 0.200 e. The minimum Gasteiger partial charge on any atom is -0.203 e. The van der Waals surface area contributed by atoms with E-state index in [-0.39, 0.29) is 0 Å². The van der Waals surface area contributed by atoms with Crippen molar-refractivity contribution in [3.05, 3.63) is 70.0 Å². The Balaban J connectivity index is 2.46. The Hall–Kier alpha value is -2.17. The molecule has 0 radical (unpaired) electrons. The van der Waals surface area contributed by atoms with Gasteiger partial charge in [0, 0.05) is 0 Å². The third kappa shape index (κ3) is 2.57. The lowest BCUT2D eigenvalue weighted by atomic mass is 10.1. The second-order valence-electron chi connectivity index (χ2n) is 4.23. The van der Waals surface area contributed by atoms with E-state index in [1.165, 1.54) is 6.08 Å². The van der Waals surface area contributed by atoms with Crippen molar-refractivity contribution in [2.45, 2.75) is 6.92 Å². The molecule has 5 heteroatoms. The van der Waals surface area contributed by atoms with Crippen molar-refractivity contribution in [2.24, 2.45) is 0 Å². The van der Waals surface area contributed by atoms with Gasteiger partial charge < -0.3 is 0 Å².